The maximum Gasteiger partial charge on any atom is 0.281 e. The predicted molar refractivity (Wildman–Crippen MR) is 83.5 cm³/mol. The number of aromatic nitrogens is 2. The molecule has 7 heteroatoms. The van der Waals surface area contributed by atoms with Crippen LogP contribution >= 0.6 is 15.9 Å². The Kier molecular flexibility index (Phi) is 4.68. The number of nitrogens with zero attached hydrogens (tertiary/aromatic N) is 3. The maximum atomic E-state index is 12.0. The van der Waals surface area contributed by atoms with Gasteiger partial charge in [-0.3, -0.25) is 4.79 Å². The van der Waals surface area contributed by atoms with Crippen LogP contribution in [0.25, 0.3) is 0 Å². The molecular weight excluding hydrogens is 321 g/mol. The third-order valence-corrected chi connectivity index (χ3v) is 3.53. The number of hydrogen-bond donors (Lipinski definition) is 0. The lowest BCUT2D eigenvalue weighted by molar-refractivity contribution is 0.0708. The summed E-state index contributed by atoms with van der Waals surface area (Å²) in [6.45, 7) is 7.25. The Bertz CT molecular complexity index is 467. The van der Waals surface area contributed by atoms with E-state index in [4.69, 9.17) is 4.74 Å². The van der Waals surface area contributed by atoms with Crippen molar-refractivity contribution in [3.8, 4) is 0 Å². The van der Waals surface area contributed by atoms with Crippen LogP contribution in [0.2, 0.25) is 12.6 Å². The Morgan fingerprint density at radius 3 is 2.35 bits per heavy atom. The fourth-order valence-electron chi connectivity index (χ4n) is 2.17. The average molecular weight is 340 g/mol. The maximum absolute atomic E-state index is 12.0. The van der Waals surface area contributed by atoms with Crippen LogP contribution in [0.3, 0.4) is 0 Å². The van der Waals surface area contributed by atoms with Gasteiger partial charge in [0.2, 0.25) is 5.95 Å². The van der Waals surface area contributed by atoms with Crippen LogP contribution < -0.4 is 4.90 Å². The largest absolute Gasteiger partial charge is 0.468 e. The molecule has 1 aromatic rings. The molecule has 0 spiro atoms. The number of carbonyl (C=O) groups excluding carboxylic acids is 1. The van der Waals surface area contributed by atoms with Gasteiger partial charge in [0.15, 0.2) is 0 Å². The lowest BCUT2D eigenvalue weighted by Crippen LogP contribution is -2.43. The van der Waals surface area contributed by atoms with Gasteiger partial charge in [-0.2, -0.15) is 0 Å². The molecule has 20 heavy (non-hydrogen) atoms. The van der Waals surface area contributed by atoms with Crippen LogP contribution in [0.15, 0.2) is 16.9 Å². The molecule has 0 atom stereocenters. The quantitative estimate of drug-likeness (QED) is 0.775. The summed E-state index contributed by atoms with van der Waals surface area (Å²) in [4.78, 5) is 22.7. The molecule has 0 unspecified atom stereocenters. The zero-order chi connectivity index (χ0) is 14.8. The molecule has 1 aromatic heterocycles. The minimum atomic E-state index is -0.414. The van der Waals surface area contributed by atoms with Crippen molar-refractivity contribution < 1.29 is 9.53 Å². The highest BCUT2D eigenvalue weighted by atomic mass is 79.9. The van der Waals surface area contributed by atoms with Gasteiger partial charge < -0.3 is 9.64 Å². The molecule has 0 amide bonds. The van der Waals surface area contributed by atoms with Crippen LogP contribution in [0.1, 0.15) is 20.8 Å². The van der Waals surface area contributed by atoms with Gasteiger partial charge >= 0.3 is 0 Å². The topological polar surface area (TPSA) is 55.3 Å². The number of rotatable bonds is 2. The minimum Gasteiger partial charge on any atom is -0.468 e. The average Bonchev–Trinajstić information content (AvgIpc) is 2.38. The van der Waals surface area contributed by atoms with E-state index < -0.39 is 5.60 Å². The van der Waals surface area contributed by atoms with Gasteiger partial charge in [-0.1, -0.05) is 0 Å². The Balaban J connectivity index is 1.89. The van der Waals surface area contributed by atoms with Crippen molar-refractivity contribution in [3.63, 3.8) is 0 Å². The van der Waals surface area contributed by atoms with E-state index in [1.807, 2.05) is 20.8 Å². The Morgan fingerprint density at radius 1 is 1.30 bits per heavy atom. The monoisotopic (exact) mass is 339 g/mol. The normalized spacial score (nSPS) is 16.2. The van der Waals surface area contributed by atoms with E-state index in [9.17, 15) is 4.79 Å². The minimum absolute atomic E-state index is 0.0130. The highest BCUT2D eigenvalue weighted by Crippen LogP contribution is 2.20. The van der Waals surface area contributed by atoms with Crippen molar-refractivity contribution >= 4 is 34.5 Å². The molecule has 2 heterocycles. The molecule has 0 aromatic carbocycles. The first kappa shape index (κ1) is 15.3. The highest BCUT2D eigenvalue weighted by Gasteiger charge is 2.33. The van der Waals surface area contributed by atoms with E-state index in [0.29, 0.717) is 0 Å². The molecule has 1 aliphatic rings. The first-order valence-electron chi connectivity index (χ1n) is 6.80. The molecule has 108 valence electrons. The van der Waals surface area contributed by atoms with E-state index in [1.54, 1.807) is 12.4 Å². The van der Waals surface area contributed by atoms with Gasteiger partial charge in [0.05, 0.1) is 4.47 Å². The second-order valence-electron chi connectivity index (χ2n) is 6.00. The molecule has 1 aliphatic heterocycles. The third kappa shape index (κ3) is 4.20. The summed E-state index contributed by atoms with van der Waals surface area (Å²) in [5, 5.41) is 0. The fraction of sp³-hybridized carbons (Fsp3) is 0.615. The van der Waals surface area contributed by atoms with Gasteiger partial charge in [-0.25, -0.2) is 9.97 Å². The first-order valence-corrected chi connectivity index (χ1v) is 7.60. The number of ether oxygens (including phenoxy) is 1. The number of halogens is 1. The Morgan fingerprint density at radius 2 is 1.85 bits per heavy atom. The van der Waals surface area contributed by atoms with E-state index in [2.05, 4.69) is 30.8 Å². The van der Waals surface area contributed by atoms with Crippen LogP contribution in [0.5, 0.6) is 0 Å². The van der Waals surface area contributed by atoms with Crippen molar-refractivity contribution in [2.45, 2.75) is 39.0 Å². The van der Waals surface area contributed by atoms with E-state index in [0.717, 1.165) is 36.2 Å². The second-order valence-corrected chi connectivity index (χ2v) is 6.91. The van der Waals surface area contributed by atoms with Crippen LogP contribution in [0, 0.1) is 0 Å². The molecule has 0 saturated carbocycles. The summed E-state index contributed by atoms with van der Waals surface area (Å²) >= 11 is 3.32. The van der Waals surface area contributed by atoms with Crippen molar-refractivity contribution in [2.75, 3.05) is 18.0 Å². The zero-order valence-electron chi connectivity index (χ0n) is 12.1. The molecule has 5 nitrogen and oxygen atoms in total. The molecule has 0 bridgehead atoms. The molecule has 1 saturated heterocycles. The van der Waals surface area contributed by atoms with Gasteiger partial charge in [-0.05, 0) is 49.3 Å². The van der Waals surface area contributed by atoms with Crippen molar-refractivity contribution in [1.29, 1.82) is 0 Å². The summed E-state index contributed by atoms with van der Waals surface area (Å²) in [5.74, 6) is 0.629. The molecule has 0 radical (unpaired) electrons. The van der Waals surface area contributed by atoms with Crippen molar-refractivity contribution in [3.05, 3.63) is 16.9 Å². The van der Waals surface area contributed by atoms with Crippen molar-refractivity contribution in [2.24, 2.45) is 0 Å². The highest BCUT2D eigenvalue weighted by molar-refractivity contribution is 9.10. The van der Waals surface area contributed by atoms with Gasteiger partial charge in [0.1, 0.15) is 5.60 Å². The molecule has 0 aliphatic carbocycles. The van der Waals surface area contributed by atoms with Gasteiger partial charge in [0.25, 0.3) is 12.6 Å². The number of hydrogen-bond acceptors (Lipinski definition) is 5. The standard InChI is InChI=1S/C13H19BBrN3O2/c1-13(2,3)20-11(19)14-4-6-18(7-5-14)12-16-8-10(15)9-17-12/h8-9H,4-7H2,1-3H3. The Hall–Kier alpha value is -1.11. The predicted octanol–water partition coefficient (Wildman–Crippen LogP) is 3.07. The first-order chi connectivity index (χ1) is 9.35. The van der Waals surface area contributed by atoms with Gasteiger partial charge in [0, 0.05) is 25.5 Å². The van der Waals surface area contributed by atoms with Gasteiger partial charge in [-0.15, -0.1) is 0 Å². The summed E-state index contributed by atoms with van der Waals surface area (Å²) in [7, 11) is 0. The summed E-state index contributed by atoms with van der Waals surface area (Å²) in [5.41, 5.74) is -0.414. The van der Waals surface area contributed by atoms with E-state index in [1.165, 1.54) is 0 Å². The van der Waals surface area contributed by atoms with Crippen LogP contribution in [-0.2, 0) is 4.74 Å². The Labute approximate surface area is 128 Å². The fourth-order valence-corrected chi connectivity index (χ4v) is 2.37. The SMILES string of the molecule is CC(C)(C)OC(=O)B1CCN(c2ncc(Br)cn2)CC1. The molecule has 1 fully saturated rings. The van der Waals surface area contributed by atoms with Crippen molar-refractivity contribution in [1.82, 2.24) is 9.97 Å². The number of anilines is 1. The zero-order valence-corrected chi connectivity index (χ0v) is 13.7. The summed E-state index contributed by atoms with van der Waals surface area (Å²) in [6.07, 6.45) is 5.05. The lowest BCUT2D eigenvalue weighted by Gasteiger charge is -2.30. The molecular formula is C13H19BBrN3O2. The van der Waals surface area contributed by atoms with Crippen LogP contribution in [0.4, 0.5) is 10.7 Å². The third-order valence-electron chi connectivity index (χ3n) is 3.12. The second kappa shape index (κ2) is 6.12. The smallest absolute Gasteiger partial charge is 0.281 e. The summed E-state index contributed by atoms with van der Waals surface area (Å²) in [6, 6.07) is 0. The lowest BCUT2D eigenvalue weighted by atomic mass is 9.43. The summed E-state index contributed by atoms with van der Waals surface area (Å²) < 4.78 is 6.30. The molecule has 0 N–H and O–H groups in total. The number of carbonyl (C=O) groups is 1. The van der Waals surface area contributed by atoms with Crippen LogP contribution in [-0.4, -0.2) is 41.2 Å². The van der Waals surface area contributed by atoms with E-state index in [-0.39, 0.29) is 12.6 Å². The molecule has 2 rings (SSSR count). The van der Waals surface area contributed by atoms with E-state index >= 15 is 0 Å².